The van der Waals surface area contributed by atoms with Crippen LogP contribution in [0.4, 0.5) is 0 Å². The maximum atomic E-state index is 12.1. The predicted molar refractivity (Wildman–Crippen MR) is 64.3 cm³/mol. The summed E-state index contributed by atoms with van der Waals surface area (Å²) in [6.07, 6.45) is 3.24. The Labute approximate surface area is 105 Å². The van der Waals surface area contributed by atoms with Gasteiger partial charge in [-0.1, -0.05) is 0 Å². The van der Waals surface area contributed by atoms with Crippen molar-refractivity contribution in [2.75, 3.05) is 0 Å². The van der Waals surface area contributed by atoms with Crippen molar-refractivity contribution in [1.29, 1.82) is 0 Å². The number of nitrogens with one attached hydrogen (secondary N) is 1. The molecule has 0 aromatic carbocycles. The molecule has 1 aromatic rings. The van der Waals surface area contributed by atoms with E-state index >= 15 is 0 Å². The minimum Gasteiger partial charge on any atom is -0.343 e. The molecule has 1 aliphatic heterocycles. The summed E-state index contributed by atoms with van der Waals surface area (Å²) in [7, 11) is 0. The Morgan fingerprint density at radius 3 is 2.56 bits per heavy atom. The minimum atomic E-state index is -0.886. The molecule has 2 heterocycles. The summed E-state index contributed by atoms with van der Waals surface area (Å²) in [5.74, 6) is 0.249. The molecule has 1 unspecified atom stereocenters. The highest BCUT2D eigenvalue weighted by atomic mass is 16.2. The van der Waals surface area contributed by atoms with Crippen LogP contribution in [0.1, 0.15) is 26.6 Å². The van der Waals surface area contributed by atoms with Gasteiger partial charge in [-0.15, -0.1) is 0 Å². The van der Waals surface area contributed by atoms with Crippen LogP contribution in [0.3, 0.4) is 0 Å². The summed E-state index contributed by atoms with van der Waals surface area (Å²) in [6, 6.07) is 1.20. The van der Waals surface area contributed by atoms with Gasteiger partial charge in [-0.2, -0.15) is 0 Å². The Morgan fingerprint density at radius 1 is 1.33 bits per heavy atom. The van der Waals surface area contributed by atoms with Gasteiger partial charge < -0.3 is 10.2 Å². The van der Waals surface area contributed by atoms with Crippen molar-refractivity contribution >= 4 is 11.8 Å². The van der Waals surface area contributed by atoms with Gasteiger partial charge in [0.25, 0.3) is 0 Å². The van der Waals surface area contributed by atoms with Crippen molar-refractivity contribution in [3.05, 3.63) is 24.3 Å². The van der Waals surface area contributed by atoms with Crippen LogP contribution in [0.25, 0.3) is 0 Å². The molecule has 1 aromatic heterocycles. The van der Waals surface area contributed by atoms with Crippen LogP contribution in [0.5, 0.6) is 0 Å². The third-order valence-corrected chi connectivity index (χ3v) is 3.13. The van der Waals surface area contributed by atoms with E-state index in [2.05, 4.69) is 15.3 Å². The fourth-order valence-corrected chi connectivity index (χ4v) is 1.90. The zero-order valence-electron chi connectivity index (χ0n) is 10.7. The van der Waals surface area contributed by atoms with Crippen molar-refractivity contribution in [1.82, 2.24) is 20.2 Å². The second-order valence-corrected chi connectivity index (χ2v) is 4.84. The zero-order valence-corrected chi connectivity index (χ0v) is 10.7. The smallest absolute Gasteiger partial charge is 0.246 e. The Kier molecular flexibility index (Phi) is 3.02. The summed E-state index contributed by atoms with van der Waals surface area (Å²) >= 11 is 0. The van der Waals surface area contributed by atoms with E-state index in [0.717, 1.165) is 0 Å². The van der Waals surface area contributed by atoms with E-state index in [1.807, 2.05) is 0 Å². The molecule has 0 bridgehead atoms. The highest BCUT2D eigenvalue weighted by Crippen LogP contribution is 2.22. The highest BCUT2D eigenvalue weighted by molar-refractivity contribution is 5.98. The lowest BCUT2D eigenvalue weighted by Crippen LogP contribution is -2.67. The van der Waals surface area contributed by atoms with E-state index < -0.39 is 11.6 Å². The Hall–Kier alpha value is -1.98. The van der Waals surface area contributed by atoms with Crippen LogP contribution in [-0.2, 0) is 16.1 Å². The monoisotopic (exact) mass is 248 g/mol. The molecule has 2 amide bonds. The molecule has 1 fully saturated rings. The first kappa shape index (κ1) is 12.5. The lowest BCUT2D eigenvalue weighted by Gasteiger charge is -2.43. The van der Waals surface area contributed by atoms with E-state index in [-0.39, 0.29) is 18.4 Å². The molecule has 18 heavy (non-hydrogen) atoms. The molecule has 1 saturated heterocycles. The number of nitrogens with zero attached hydrogens (tertiary/aromatic N) is 3. The third kappa shape index (κ3) is 2.05. The summed E-state index contributed by atoms with van der Waals surface area (Å²) in [4.78, 5) is 33.8. The first-order valence-electron chi connectivity index (χ1n) is 5.81. The van der Waals surface area contributed by atoms with Gasteiger partial charge in [-0.3, -0.25) is 9.59 Å². The second-order valence-electron chi connectivity index (χ2n) is 4.84. The molecule has 0 radical (unpaired) electrons. The molecule has 1 atom stereocenters. The fraction of sp³-hybridized carbons (Fsp3) is 0.500. The topological polar surface area (TPSA) is 75.2 Å². The molecule has 0 saturated carbocycles. The van der Waals surface area contributed by atoms with Crippen LogP contribution in [0, 0.1) is 0 Å². The molecule has 2 rings (SSSR count). The maximum absolute atomic E-state index is 12.1. The van der Waals surface area contributed by atoms with E-state index in [4.69, 9.17) is 0 Å². The van der Waals surface area contributed by atoms with Gasteiger partial charge in [-0.25, -0.2) is 9.97 Å². The van der Waals surface area contributed by atoms with Crippen molar-refractivity contribution in [2.24, 2.45) is 0 Å². The van der Waals surface area contributed by atoms with Crippen LogP contribution in [0.2, 0.25) is 0 Å². The fourth-order valence-electron chi connectivity index (χ4n) is 1.90. The third-order valence-electron chi connectivity index (χ3n) is 3.13. The molecule has 0 aliphatic carbocycles. The highest BCUT2D eigenvalue weighted by Gasteiger charge is 2.44. The van der Waals surface area contributed by atoms with Crippen molar-refractivity contribution in [3.8, 4) is 0 Å². The van der Waals surface area contributed by atoms with Gasteiger partial charge in [-0.05, 0) is 26.8 Å². The SMILES string of the molecule is CC1NC(=O)C(C)(C)N(Cc2ncccn2)C1=O. The van der Waals surface area contributed by atoms with Crippen molar-refractivity contribution in [3.63, 3.8) is 0 Å². The average molecular weight is 248 g/mol. The largest absolute Gasteiger partial charge is 0.343 e. The van der Waals surface area contributed by atoms with E-state index in [1.165, 1.54) is 4.90 Å². The van der Waals surface area contributed by atoms with Crippen LogP contribution in [-0.4, -0.2) is 38.3 Å². The molecule has 6 nitrogen and oxygen atoms in total. The minimum absolute atomic E-state index is 0.118. The zero-order chi connectivity index (χ0) is 13.3. The van der Waals surface area contributed by atoms with E-state index in [0.29, 0.717) is 5.82 Å². The summed E-state index contributed by atoms with van der Waals surface area (Å²) in [5, 5.41) is 2.66. The normalized spacial score (nSPS) is 22.8. The number of carbonyl (C=O) groups is 2. The van der Waals surface area contributed by atoms with Gasteiger partial charge >= 0.3 is 0 Å². The average Bonchev–Trinajstić information content (AvgIpc) is 2.34. The summed E-state index contributed by atoms with van der Waals surface area (Å²) < 4.78 is 0. The molecule has 0 spiro atoms. The second kappa shape index (κ2) is 4.36. The number of hydrogen-bond donors (Lipinski definition) is 1. The van der Waals surface area contributed by atoms with E-state index in [9.17, 15) is 9.59 Å². The summed E-state index contributed by atoms with van der Waals surface area (Å²) in [5.41, 5.74) is -0.886. The molecular weight excluding hydrogens is 232 g/mol. The standard InChI is InChI=1S/C12H16N4O2/c1-8-10(17)16(12(2,3)11(18)15-8)7-9-13-5-4-6-14-9/h4-6,8H,7H2,1-3H3,(H,15,18). The quantitative estimate of drug-likeness (QED) is 0.805. The number of carbonyl (C=O) groups excluding carboxylic acids is 2. The number of amides is 2. The number of rotatable bonds is 2. The molecular formula is C12H16N4O2. The summed E-state index contributed by atoms with van der Waals surface area (Å²) in [6.45, 7) is 5.35. The number of aromatic nitrogens is 2. The van der Waals surface area contributed by atoms with Crippen molar-refractivity contribution < 1.29 is 9.59 Å². The van der Waals surface area contributed by atoms with Gasteiger partial charge in [0.15, 0.2) is 0 Å². The molecule has 1 N–H and O–H groups in total. The predicted octanol–water partition coefficient (Wildman–Crippen LogP) is 0.102. The maximum Gasteiger partial charge on any atom is 0.246 e. The van der Waals surface area contributed by atoms with Gasteiger partial charge in [0.1, 0.15) is 17.4 Å². The lowest BCUT2D eigenvalue weighted by molar-refractivity contribution is -0.155. The molecule has 1 aliphatic rings. The van der Waals surface area contributed by atoms with Crippen LogP contribution >= 0.6 is 0 Å². The Morgan fingerprint density at radius 2 is 1.94 bits per heavy atom. The van der Waals surface area contributed by atoms with E-state index in [1.54, 1.807) is 39.2 Å². The number of hydrogen-bond acceptors (Lipinski definition) is 4. The first-order valence-corrected chi connectivity index (χ1v) is 5.81. The van der Waals surface area contributed by atoms with Crippen LogP contribution in [0.15, 0.2) is 18.5 Å². The van der Waals surface area contributed by atoms with Gasteiger partial charge in [0.2, 0.25) is 11.8 Å². The van der Waals surface area contributed by atoms with Crippen LogP contribution < -0.4 is 5.32 Å². The van der Waals surface area contributed by atoms with Crippen molar-refractivity contribution in [2.45, 2.75) is 38.9 Å². The Bertz CT molecular complexity index is 472. The van der Waals surface area contributed by atoms with Gasteiger partial charge in [0, 0.05) is 12.4 Å². The molecule has 96 valence electrons. The molecule has 6 heteroatoms. The Balaban J connectivity index is 2.28. The van der Waals surface area contributed by atoms with Gasteiger partial charge in [0.05, 0.1) is 6.54 Å². The lowest BCUT2D eigenvalue weighted by atomic mass is 9.96. The number of piperazine rings is 1. The first-order chi connectivity index (χ1) is 8.43.